The summed E-state index contributed by atoms with van der Waals surface area (Å²) in [6.45, 7) is 1.93. The summed E-state index contributed by atoms with van der Waals surface area (Å²) in [6, 6.07) is 18.7. The van der Waals surface area contributed by atoms with Crippen molar-refractivity contribution in [2.24, 2.45) is 0 Å². The van der Waals surface area contributed by atoms with Gasteiger partial charge in [0.05, 0.1) is 11.9 Å². The van der Waals surface area contributed by atoms with Gasteiger partial charge < -0.3 is 18.7 Å². The lowest BCUT2D eigenvalue weighted by Gasteiger charge is -2.14. The fourth-order valence-corrected chi connectivity index (χ4v) is 4.00. The lowest BCUT2D eigenvalue weighted by molar-refractivity contribution is -0.145. The Kier molecular flexibility index (Phi) is 6.75. The van der Waals surface area contributed by atoms with E-state index in [0.717, 1.165) is 35.4 Å². The number of oxazole rings is 2. The van der Waals surface area contributed by atoms with Crippen LogP contribution in [0.25, 0.3) is 22.6 Å². The molecule has 2 aromatic carbocycles. The van der Waals surface area contributed by atoms with Gasteiger partial charge in [-0.05, 0) is 61.7 Å². The Morgan fingerprint density at radius 1 is 1.03 bits per heavy atom. The first kappa shape index (κ1) is 23.3. The monoisotopic (exact) mass is 483 g/mol. The zero-order valence-electron chi connectivity index (χ0n) is 19.8. The molecule has 0 bridgehead atoms. The maximum absolute atomic E-state index is 11.7. The van der Waals surface area contributed by atoms with E-state index in [1.165, 1.54) is 6.20 Å². The first-order valence-electron chi connectivity index (χ1n) is 11.7. The number of aromatic nitrogens is 3. The number of benzene rings is 2. The van der Waals surface area contributed by atoms with Gasteiger partial charge >= 0.3 is 5.97 Å². The smallest absolute Gasteiger partial charge is 0.345 e. The Morgan fingerprint density at radius 3 is 2.67 bits per heavy atom. The number of pyridine rings is 1. The highest BCUT2D eigenvalue weighted by Crippen LogP contribution is 2.24. The molecule has 0 aliphatic heterocycles. The van der Waals surface area contributed by atoms with Crippen molar-refractivity contribution >= 4 is 17.1 Å². The van der Waals surface area contributed by atoms with Crippen LogP contribution < -0.4 is 4.74 Å². The molecule has 182 valence electrons. The molecule has 1 N–H and O–H groups in total. The van der Waals surface area contributed by atoms with E-state index in [1.54, 1.807) is 18.3 Å². The third-order valence-electron chi connectivity index (χ3n) is 5.82. The Labute approximate surface area is 207 Å². The molecule has 3 aromatic heterocycles. The van der Waals surface area contributed by atoms with Crippen molar-refractivity contribution < 1.29 is 23.5 Å². The van der Waals surface area contributed by atoms with Crippen molar-refractivity contribution in [3.05, 3.63) is 96.0 Å². The molecule has 0 aliphatic rings. The van der Waals surface area contributed by atoms with E-state index in [0.29, 0.717) is 35.1 Å². The molecule has 0 radical (unpaired) electrons. The first-order chi connectivity index (χ1) is 17.5. The zero-order valence-corrected chi connectivity index (χ0v) is 19.8. The number of hydrogen-bond acceptors (Lipinski definition) is 7. The average Bonchev–Trinajstić information content (AvgIpc) is 3.47. The summed E-state index contributed by atoms with van der Waals surface area (Å²) in [5.74, 6) is 1.45. The van der Waals surface area contributed by atoms with Crippen molar-refractivity contribution in [2.45, 2.75) is 38.7 Å². The summed E-state index contributed by atoms with van der Waals surface area (Å²) in [6.07, 6.45) is 4.46. The van der Waals surface area contributed by atoms with Crippen LogP contribution in [0.2, 0.25) is 0 Å². The molecule has 0 amide bonds. The van der Waals surface area contributed by atoms with E-state index >= 15 is 0 Å². The van der Waals surface area contributed by atoms with E-state index in [-0.39, 0.29) is 6.42 Å². The lowest BCUT2D eigenvalue weighted by atomic mass is 10.1. The molecule has 0 fully saturated rings. The molecule has 0 spiro atoms. The second-order valence-electron chi connectivity index (χ2n) is 8.49. The molecule has 3 heterocycles. The summed E-state index contributed by atoms with van der Waals surface area (Å²) in [5.41, 5.74) is 4.04. The standard InChI is InChI=1S/C28H25N3O5/c1-18-22(31-27(34-18)20-7-3-2-4-8-20)10-5-11-26-30-23-15-19(12-13-24(23)36-26)16-25(28(32)33)35-21-9-6-14-29-17-21/h2-4,6-9,12-15,17,25H,5,10-11,16H2,1H3,(H,32,33)/t25-/m0/s1. The van der Waals surface area contributed by atoms with Crippen LogP contribution in [0.5, 0.6) is 5.75 Å². The molecule has 0 saturated heterocycles. The van der Waals surface area contributed by atoms with Crippen LogP contribution in [0, 0.1) is 6.92 Å². The fourth-order valence-electron chi connectivity index (χ4n) is 4.00. The SMILES string of the molecule is Cc1oc(-c2ccccc2)nc1CCCc1nc2cc(C[C@H](Oc3cccnc3)C(=O)O)ccc2o1. The number of aryl methyl sites for hydroxylation is 3. The van der Waals surface area contributed by atoms with Crippen LogP contribution in [0.4, 0.5) is 0 Å². The number of hydrogen-bond donors (Lipinski definition) is 1. The second-order valence-corrected chi connectivity index (χ2v) is 8.49. The summed E-state index contributed by atoms with van der Waals surface area (Å²) < 4.78 is 17.4. The predicted octanol–water partition coefficient (Wildman–Crippen LogP) is 5.44. The van der Waals surface area contributed by atoms with E-state index in [9.17, 15) is 9.90 Å². The summed E-state index contributed by atoms with van der Waals surface area (Å²) in [4.78, 5) is 25.0. The number of ether oxygens (including phenoxy) is 1. The van der Waals surface area contributed by atoms with Crippen molar-refractivity contribution in [3.63, 3.8) is 0 Å². The number of nitrogens with zero attached hydrogens (tertiary/aromatic N) is 3. The molecule has 8 nitrogen and oxygen atoms in total. The Morgan fingerprint density at radius 2 is 1.89 bits per heavy atom. The van der Waals surface area contributed by atoms with E-state index in [4.69, 9.17) is 13.6 Å². The van der Waals surface area contributed by atoms with Crippen LogP contribution in [0.1, 0.15) is 29.3 Å². The van der Waals surface area contributed by atoms with Gasteiger partial charge in [-0.3, -0.25) is 4.98 Å². The van der Waals surface area contributed by atoms with Gasteiger partial charge in [-0.2, -0.15) is 0 Å². The Bertz CT molecular complexity index is 1460. The third kappa shape index (κ3) is 5.43. The molecular formula is C28H25N3O5. The van der Waals surface area contributed by atoms with Gasteiger partial charge in [-0.1, -0.05) is 24.3 Å². The highest BCUT2D eigenvalue weighted by molar-refractivity contribution is 5.75. The largest absolute Gasteiger partial charge is 0.478 e. The van der Waals surface area contributed by atoms with Crippen LogP contribution >= 0.6 is 0 Å². The van der Waals surface area contributed by atoms with Gasteiger partial charge in [0.15, 0.2) is 17.6 Å². The van der Waals surface area contributed by atoms with Crippen molar-refractivity contribution in [1.82, 2.24) is 15.0 Å². The predicted molar refractivity (Wildman–Crippen MR) is 133 cm³/mol. The fraction of sp³-hybridized carbons (Fsp3) is 0.214. The minimum atomic E-state index is -1.04. The van der Waals surface area contributed by atoms with Gasteiger partial charge in [-0.15, -0.1) is 0 Å². The van der Waals surface area contributed by atoms with Crippen LogP contribution in [-0.4, -0.2) is 32.1 Å². The van der Waals surface area contributed by atoms with E-state index in [1.807, 2.05) is 55.5 Å². The highest BCUT2D eigenvalue weighted by Gasteiger charge is 2.21. The molecule has 0 unspecified atom stereocenters. The molecule has 1 atom stereocenters. The summed E-state index contributed by atoms with van der Waals surface area (Å²) in [5, 5.41) is 9.60. The topological polar surface area (TPSA) is 111 Å². The number of aliphatic carboxylic acids is 1. The minimum Gasteiger partial charge on any atom is -0.478 e. The molecule has 5 rings (SSSR count). The first-order valence-corrected chi connectivity index (χ1v) is 11.7. The number of carbonyl (C=O) groups is 1. The maximum atomic E-state index is 11.7. The van der Waals surface area contributed by atoms with Crippen molar-refractivity contribution in [1.29, 1.82) is 0 Å². The van der Waals surface area contributed by atoms with Crippen LogP contribution in [-0.2, 0) is 24.1 Å². The van der Waals surface area contributed by atoms with E-state index in [2.05, 4.69) is 15.0 Å². The van der Waals surface area contributed by atoms with Gasteiger partial charge in [0.1, 0.15) is 17.0 Å². The van der Waals surface area contributed by atoms with Gasteiger partial charge in [0.25, 0.3) is 0 Å². The lowest BCUT2D eigenvalue weighted by Crippen LogP contribution is -2.29. The highest BCUT2D eigenvalue weighted by atomic mass is 16.5. The molecule has 36 heavy (non-hydrogen) atoms. The van der Waals surface area contributed by atoms with Gasteiger partial charge in [0, 0.05) is 24.6 Å². The normalized spacial score (nSPS) is 12.0. The molecule has 5 aromatic rings. The number of fused-ring (bicyclic) bond motifs is 1. The second kappa shape index (κ2) is 10.4. The Balaban J connectivity index is 1.22. The summed E-state index contributed by atoms with van der Waals surface area (Å²) >= 11 is 0. The van der Waals surface area contributed by atoms with Crippen LogP contribution in [0.15, 0.2) is 81.9 Å². The zero-order chi connectivity index (χ0) is 24.9. The molecule has 0 saturated carbocycles. The number of carboxylic acid groups (broad SMARTS) is 1. The van der Waals surface area contributed by atoms with Crippen molar-refractivity contribution in [3.8, 4) is 17.2 Å². The van der Waals surface area contributed by atoms with Gasteiger partial charge in [0.2, 0.25) is 5.89 Å². The molecule has 0 aliphatic carbocycles. The van der Waals surface area contributed by atoms with Crippen LogP contribution in [0.3, 0.4) is 0 Å². The Hall–Kier alpha value is -4.46. The minimum absolute atomic E-state index is 0.192. The number of rotatable bonds is 10. The van der Waals surface area contributed by atoms with Gasteiger partial charge in [-0.25, -0.2) is 14.8 Å². The third-order valence-corrected chi connectivity index (χ3v) is 5.82. The molecule has 8 heteroatoms. The molecular weight excluding hydrogens is 458 g/mol. The maximum Gasteiger partial charge on any atom is 0.345 e. The average molecular weight is 484 g/mol. The number of carboxylic acids is 1. The van der Waals surface area contributed by atoms with E-state index < -0.39 is 12.1 Å². The summed E-state index contributed by atoms with van der Waals surface area (Å²) in [7, 11) is 0. The quantitative estimate of drug-likeness (QED) is 0.280. The van der Waals surface area contributed by atoms with Crippen molar-refractivity contribution in [2.75, 3.05) is 0 Å².